The first-order valence-corrected chi connectivity index (χ1v) is 6.79. The molecule has 0 saturated heterocycles. The maximum Gasteiger partial charge on any atom is 0.180 e. The minimum absolute atomic E-state index is 0.425. The number of benzene rings is 1. The number of anilines is 1. The SMILES string of the molecule is CC(O)(c1cnc(N)s1)c1ccc(Br)cc1Cl. The zero-order valence-corrected chi connectivity index (χ0v) is 12.1. The van der Waals surface area contributed by atoms with Crippen molar-refractivity contribution in [1.29, 1.82) is 0 Å². The van der Waals surface area contributed by atoms with E-state index in [1.807, 2.05) is 6.07 Å². The molecule has 3 N–H and O–H groups in total. The molecule has 0 fully saturated rings. The predicted molar refractivity (Wildman–Crippen MR) is 74.4 cm³/mol. The molecular formula is C11H10BrClN2OS. The minimum atomic E-state index is -1.19. The summed E-state index contributed by atoms with van der Waals surface area (Å²) in [5, 5.41) is 11.5. The molecule has 0 aliphatic rings. The minimum Gasteiger partial charge on any atom is -0.380 e. The van der Waals surface area contributed by atoms with Gasteiger partial charge in [0.2, 0.25) is 0 Å². The molecule has 0 saturated carbocycles. The van der Waals surface area contributed by atoms with E-state index < -0.39 is 5.60 Å². The van der Waals surface area contributed by atoms with E-state index >= 15 is 0 Å². The molecule has 1 aromatic heterocycles. The molecule has 0 aliphatic heterocycles. The summed E-state index contributed by atoms with van der Waals surface area (Å²) in [7, 11) is 0. The molecule has 17 heavy (non-hydrogen) atoms. The van der Waals surface area contributed by atoms with E-state index in [-0.39, 0.29) is 0 Å². The Balaban J connectivity index is 2.51. The van der Waals surface area contributed by atoms with Crippen LogP contribution in [-0.2, 0) is 5.60 Å². The van der Waals surface area contributed by atoms with Crippen molar-refractivity contribution in [2.45, 2.75) is 12.5 Å². The van der Waals surface area contributed by atoms with Crippen molar-refractivity contribution in [3.63, 3.8) is 0 Å². The summed E-state index contributed by atoms with van der Waals surface area (Å²) < 4.78 is 0.867. The third kappa shape index (κ3) is 2.47. The number of nitrogens with zero attached hydrogens (tertiary/aromatic N) is 1. The molecule has 2 rings (SSSR count). The summed E-state index contributed by atoms with van der Waals surface area (Å²) >= 11 is 10.7. The van der Waals surface area contributed by atoms with Gasteiger partial charge in [-0.05, 0) is 19.1 Å². The maximum absolute atomic E-state index is 10.6. The summed E-state index contributed by atoms with van der Waals surface area (Å²) in [5.41, 5.74) is 5.01. The second-order valence-corrected chi connectivity index (χ2v) is 6.14. The average molecular weight is 334 g/mol. The van der Waals surface area contributed by atoms with E-state index in [2.05, 4.69) is 20.9 Å². The number of nitrogen functional groups attached to an aromatic ring is 1. The third-order valence-electron chi connectivity index (χ3n) is 2.46. The number of hydrogen-bond acceptors (Lipinski definition) is 4. The van der Waals surface area contributed by atoms with Crippen molar-refractivity contribution in [3.05, 3.63) is 44.3 Å². The number of halogens is 2. The second kappa shape index (κ2) is 4.57. The average Bonchev–Trinajstić information content (AvgIpc) is 2.64. The van der Waals surface area contributed by atoms with Crippen LogP contribution < -0.4 is 5.73 Å². The van der Waals surface area contributed by atoms with E-state index in [1.54, 1.807) is 25.3 Å². The molecule has 0 spiro atoms. The summed E-state index contributed by atoms with van der Waals surface area (Å²) in [5.74, 6) is 0. The predicted octanol–water partition coefficient (Wildman–Crippen LogP) is 3.40. The molecule has 1 unspecified atom stereocenters. The lowest BCUT2D eigenvalue weighted by atomic mass is 9.95. The molecule has 1 atom stereocenters. The van der Waals surface area contributed by atoms with Gasteiger partial charge < -0.3 is 10.8 Å². The van der Waals surface area contributed by atoms with Gasteiger partial charge in [0.25, 0.3) is 0 Å². The van der Waals surface area contributed by atoms with Crippen molar-refractivity contribution < 1.29 is 5.11 Å². The van der Waals surface area contributed by atoms with Crippen LogP contribution in [0.25, 0.3) is 0 Å². The van der Waals surface area contributed by atoms with Crippen LogP contribution in [0.3, 0.4) is 0 Å². The number of thiazole rings is 1. The number of aromatic nitrogens is 1. The lowest BCUT2D eigenvalue weighted by Gasteiger charge is -2.23. The highest BCUT2D eigenvalue weighted by Crippen LogP contribution is 2.38. The van der Waals surface area contributed by atoms with E-state index in [1.165, 1.54) is 11.3 Å². The first kappa shape index (κ1) is 12.8. The van der Waals surface area contributed by atoms with Crippen LogP contribution in [0.5, 0.6) is 0 Å². The Kier molecular flexibility index (Phi) is 3.45. The van der Waals surface area contributed by atoms with Crippen molar-refractivity contribution in [3.8, 4) is 0 Å². The molecule has 1 aromatic carbocycles. The highest BCUT2D eigenvalue weighted by molar-refractivity contribution is 9.10. The topological polar surface area (TPSA) is 59.1 Å². The fourth-order valence-corrected chi connectivity index (χ4v) is 3.13. The zero-order chi connectivity index (χ0) is 12.6. The first-order chi connectivity index (χ1) is 7.91. The van der Waals surface area contributed by atoms with E-state index in [9.17, 15) is 5.11 Å². The van der Waals surface area contributed by atoms with Gasteiger partial charge in [0.05, 0.1) is 4.88 Å². The lowest BCUT2D eigenvalue weighted by molar-refractivity contribution is 0.106. The van der Waals surface area contributed by atoms with Gasteiger partial charge in [-0.3, -0.25) is 0 Å². The van der Waals surface area contributed by atoms with Crippen molar-refractivity contribution in [1.82, 2.24) is 4.98 Å². The molecular weight excluding hydrogens is 324 g/mol. The Morgan fingerprint density at radius 3 is 2.76 bits per heavy atom. The van der Waals surface area contributed by atoms with Crippen LogP contribution in [0.2, 0.25) is 5.02 Å². The maximum atomic E-state index is 10.6. The zero-order valence-electron chi connectivity index (χ0n) is 8.95. The molecule has 0 aliphatic carbocycles. The molecule has 3 nitrogen and oxygen atoms in total. The van der Waals surface area contributed by atoms with Gasteiger partial charge in [-0.15, -0.1) is 0 Å². The first-order valence-electron chi connectivity index (χ1n) is 4.81. The Bertz CT molecular complexity index is 556. The van der Waals surface area contributed by atoms with Crippen LogP contribution >= 0.6 is 38.9 Å². The van der Waals surface area contributed by atoms with Crippen LogP contribution in [0.15, 0.2) is 28.9 Å². The van der Waals surface area contributed by atoms with Crippen LogP contribution in [0.4, 0.5) is 5.13 Å². The van der Waals surface area contributed by atoms with Gasteiger partial charge in [-0.2, -0.15) is 0 Å². The molecule has 6 heteroatoms. The van der Waals surface area contributed by atoms with Gasteiger partial charge in [0.15, 0.2) is 5.13 Å². The second-order valence-electron chi connectivity index (χ2n) is 3.76. The molecule has 0 bridgehead atoms. The molecule has 2 aromatic rings. The Hall–Kier alpha value is -0.620. The summed E-state index contributed by atoms with van der Waals surface area (Å²) in [6.45, 7) is 1.68. The van der Waals surface area contributed by atoms with Gasteiger partial charge >= 0.3 is 0 Å². The third-order valence-corrected chi connectivity index (χ3v) is 4.30. The quantitative estimate of drug-likeness (QED) is 0.885. The Labute approximate surface area is 116 Å². The van der Waals surface area contributed by atoms with Crippen molar-refractivity contribution >= 4 is 44.0 Å². The van der Waals surface area contributed by atoms with E-state index in [4.69, 9.17) is 17.3 Å². The van der Waals surface area contributed by atoms with E-state index in [0.717, 1.165) is 4.47 Å². The fraction of sp³-hybridized carbons (Fsp3) is 0.182. The summed E-state index contributed by atoms with van der Waals surface area (Å²) in [4.78, 5) is 4.61. The van der Waals surface area contributed by atoms with Crippen molar-refractivity contribution in [2.24, 2.45) is 0 Å². The largest absolute Gasteiger partial charge is 0.380 e. The van der Waals surface area contributed by atoms with Gasteiger partial charge in [-0.25, -0.2) is 4.98 Å². The van der Waals surface area contributed by atoms with Gasteiger partial charge in [-0.1, -0.05) is 44.9 Å². The van der Waals surface area contributed by atoms with Crippen LogP contribution in [0.1, 0.15) is 17.4 Å². The number of nitrogens with two attached hydrogens (primary N) is 1. The van der Waals surface area contributed by atoms with Crippen LogP contribution in [0, 0.1) is 0 Å². The highest BCUT2D eigenvalue weighted by atomic mass is 79.9. The highest BCUT2D eigenvalue weighted by Gasteiger charge is 2.30. The van der Waals surface area contributed by atoms with Crippen LogP contribution in [-0.4, -0.2) is 10.1 Å². The number of hydrogen-bond donors (Lipinski definition) is 2. The lowest BCUT2D eigenvalue weighted by Crippen LogP contribution is -2.21. The Morgan fingerprint density at radius 2 is 2.24 bits per heavy atom. The molecule has 0 amide bonds. The number of rotatable bonds is 2. The summed E-state index contributed by atoms with van der Waals surface area (Å²) in [6, 6.07) is 5.36. The summed E-state index contributed by atoms with van der Waals surface area (Å²) in [6.07, 6.45) is 1.57. The van der Waals surface area contributed by atoms with E-state index in [0.29, 0.717) is 20.6 Å². The fourth-order valence-electron chi connectivity index (χ4n) is 1.53. The normalized spacial score (nSPS) is 14.6. The standard InChI is InChI=1S/C11H10BrClN2OS/c1-11(16,9-5-15-10(14)17-9)7-3-2-6(12)4-8(7)13/h2-5,16H,1H3,(H2,14,15). The van der Waals surface area contributed by atoms with Crippen molar-refractivity contribution in [2.75, 3.05) is 5.73 Å². The smallest absolute Gasteiger partial charge is 0.180 e. The number of aliphatic hydroxyl groups is 1. The van der Waals surface area contributed by atoms with Gasteiger partial charge in [0, 0.05) is 21.3 Å². The molecule has 0 radical (unpaired) electrons. The Morgan fingerprint density at radius 1 is 1.53 bits per heavy atom. The monoisotopic (exact) mass is 332 g/mol. The molecule has 90 valence electrons. The molecule has 1 heterocycles. The van der Waals surface area contributed by atoms with Gasteiger partial charge in [0.1, 0.15) is 5.60 Å².